The van der Waals surface area contributed by atoms with Gasteiger partial charge in [-0.3, -0.25) is 4.79 Å². The number of hydrogen-bond donors (Lipinski definition) is 2. The van der Waals surface area contributed by atoms with Crippen molar-refractivity contribution < 1.29 is 14.3 Å². The molecule has 5 nitrogen and oxygen atoms in total. The minimum absolute atomic E-state index is 0.0988. The van der Waals surface area contributed by atoms with E-state index in [1.165, 1.54) is 0 Å². The van der Waals surface area contributed by atoms with Crippen molar-refractivity contribution in [2.45, 2.75) is 31.7 Å². The van der Waals surface area contributed by atoms with E-state index in [9.17, 15) is 4.79 Å². The van der Waals surface area contributed by atoms with E-state index in [1.54, 1.807) is 0 Å². The molecule has 1 amide bonds. The first-order valence-corrected chi connectivity index (χ1v) is 8.48. The summed E-state index contributed by atoms with van der Waals surface area (Å²) in [5.41, 5.74) is 7.01. The van der Waals surface area contributed by atoms with Gasteiger partial charge in [0, 0.05) is 33.0 Å². The van der Waals surface area contributed by atoms with Crippen LogP contribution in [0.4, 0.5) is 0 Å². The second kappa shape index (κ2) is 10.4. The zero-order chi connectivity index (χ0) is 16.3. The Morgan fingerprint density at radius 1 is 1.30 bits per heavy atom. The predicted octanol–water partition coefficient (Wildman–Crippen LogP) is 1.51. The summed E-state index contributed by atoms with van der Waals surface area (Å²) < 4.78 is 11.0. The molecule has 0 aliphatic carbocycles. The lowest BCUT2D eigenvalue weighted by Crippen LogP contribution is -2.42. The summed E-state index contributed by atoms with van der Waals surface area (Å²) in [5, 5.41) is 2.88. The Bertz CT molecular complexity index is 447. The Labute approximate surface area is 138 Å². The van der Waals surface area contributed by atoms with Crippen molar-refractivity contribution >= 4 is 5.91 Å². The molecule has 0 bridgehead atoms. The van der Waals surface area contributed by atoms with Gasteiger partial charge in [0.05, 0.1) is 6.04 Å². The van der Waals surface area contributed by atoms with Gasteiger partial charge >= 0.3 is 0 Å². The molecule has 0 aromatic heterocycles. The molecule has 128 valence electrons. The molecule has 2 rings (SSSR count). The lowest BCUT2D eigenvalue weighted by Gasteiger charge is -2.21. The summed E-state index contributed by atoms with van der Waals surface area (Å²) in [4.78, 5) is 11.9. The highest BCUT2D eigenvalue weighted by Gasteiger charge is 2.14. The largest absolute Gasteiger partial charge is 0.381 e. The summed E-state index contributed by atoms with van der Waals surface area (Å²) >= 11 is 0. The number of hydrogen-bond acceptors (Lipinski definition) is 4. The molecule has 1 aromatic rings. The number of nitrogens with two attached hydrogens (primary N) is 1. The monoisotopic (exact) mass is 320 g/mol. The van der Waals surface area contributed by atoms with E-state index in [4.69, 9.17) is 15.2 Å². The van der Waals surface area contributed by atoms with Crippen molar-refractivity contribution in [2.24, 2.45) is 11.7 Å². The van der Waals surface area contributed by atoms with Gasteiger partial charge in [-0.05, 0) is 37.2 Å². The van der Waals surface area contributed by atoms with Crippen LogP contribution in [-0.2, 0) is 20.7 Å². The van der Waals surface area contributed by atoms with Crippen molar-refractivity contribution in [3.05, 3.63) is 35.9 Å². The minimum atomic E-state index is -0.499. The maximum absolute atomic E-state index is 11.9. The number of benzene rings is 1. The topological polar surface area (TPSA) is 73.6 Å². The van der Waals surface area contributed by atoms with Crippen molar-refractivity contribution in [3.63, 3.8) is 0 Å². The fourth-order valence-electron chi connectivity index (χ4n) is 2.64. The number of rotatable bonds is 9. The number of carbonyl (C=O) groups excluding carboxylic acids is 1. The average molecular weight is 320 g/mol. The minimum Gasteiger partial charge on any atom is -0.381 e. The average Bonchev–Trinajstić information content (AvgIpc) is 2.59. The van der Waals surface area contributed by atoms with E-state index in [2.05, 4.69) is 5.32 Å². The number of ether oxygens (including phenoxy) is 2. The van der Waals surface area contributed by atoms with Crippen LogP contribution in [0.5, 0.6) is 0 Å². The van der Waals surface area contributed by atoms with Crippen LogP contribution < -0.4 is 11.1 Å². The fourth-order valence-corrected chi connectivity index (χ4v) is 2.64. The first-order valence-electron chi connectivity index (χ1n) is 8.48. The summed E-state index contributed by atoms with van der Waals surface area (Å²) in [6.07, 6.45) is 3.55. The van der Waals surface area contributed by atoms with Gasteiger partial charge in [-0.2, -0.15) is 0 Å². The quantitative estimate of drug-likeness (QED) is 0.676. The molecule has 0 spiro atoms. The van der Waals surface area contributed by atoms with Gasteiger partial charge in [-0.1, -0.05) is 30.3 Å². The maximum Gasteiger partial charge on any atom is 0.237 e. The molecule has 0 radical (unpaired) electrons. The van der Waals surface area contributed by atoms with Gasteiger partial charge in [0.25, 0.3) is 0 Å². The third-order valence-corrected chi connectivity index (χ3v) is 4.09. The standard InChI is InChI=1S/C18H28N2O3/c19-17(13-15-5-2-1-3-6-15)18(21)20-9-4-10-23-14-16-7-11-22-12-8-16/h1-3,5-6,16-17H,4,7-14,19H2,(H,20,21)/t17-/m0/s1. The Morgan fingerprint density at radius 3 is 2.78 bits per heavy atom. The van der Waals surface area contributed by atoms with Crippen LogP contribution in [0, 0.1) is 5.92 Å². The van der Waals surface area contributed by atoms with E-state index < -0.39 is 6.04 Å². The van der Waals surface area contributed by atoms with Crippen molar-refractivity contribution in [1.29, 1.82) is 0 Å². The Morgan fingerprint density at radius 2 is 2.04 bits per heavy atom. The molecule has 0 saturated carbocycles. The molecule has 1 atom stereocenters. The molecule has 1 saturated heterocycles. The number of nitrogens with one attached hydrogen (secondary N) is 1. The van der Waals surface area contributed by atoms with Crippen molar-refractivity contribution in [1.82, 2.24) is 5.32 Å². The fraction of sp³-hybridized carbons (Fsp3) is 0.611. The molecule has 1 aromatic carbocycles. The molecule has 1 aliphatic heterocycles. The molecular formula is C18H28N2O3. The van der Waals surface area contributed by atoms with Crippen LogP contribution in [0.25, 0.3) is 0 Å². The third-order valence-electron chi connectivity index (χ3n) is 4.09. The first kappa shape index (κ1) is 17.9. The van der Waals surface area contributed by atoms with E-state index in [1.807, 2.05) is 30.3 Å². The zero-order valence-electron chi connectivity index (χ0n) is 13.7. The first-order chi connectivity index (χ1) is 11.3. The molecule has 1 aliphatic rings. The summed E-state index contributed by atoms with van der Waals surface area (Å²) in [6.45, 7) is 3.78. The van der Waals surface area contributed by atoms with Gasteiger partial charge in [0.2, 0.25) is 5.91 Å². The van der Waals surface area contributed by atoms with Gasteiger partial charge in [-0.25, -0.2) is 0 Å². The Hall–Kier alpha value is -1.43. The lowest BCUT2D eigenvalue weighted by atomic mass is 10.0. The van der Waals surface area contributed by atoms with Crippen LogP contribution in [0.3, 0.4) is 0 Å². The van der Waals surface area contributed by atoms with Crippen molar-refractivity contribution in [3.8, 4) is 0 Å². The molecular weight excluding hydrogens is 292 g/mol. The third kappa shape index (κ3) is 7.12. The number of amides is 1. The maximum atomic E-state index is 11.9. The lowest BCUT2D eigenvalue weighted by molar-refractivity contribution is -0.122. The van der Waals surface area contributed by atoms with E-state index in [0.29, 0.717) is 25.5 Å². The highest BCUT2D eigenvalue weighted by atomic mass is 16.5. The molecule has 3 N–H and O–H groups in total. The van der Waals surface area contributed by atoms with E-state index in [0.717, 1.165) is 44.6 Å². The van der Waals surface area contributed by atoms with Crippen LogP contribution in [0.2, 0.25) is 0 Å². The van der Waals surface area contributed by atoms with E-state index >= 15 is 0 Å². The second-order valence-corrected chi connectivity index (χ2v) is 6.07. The molecule has 1 fully saturated rings. The van der Waals surface area contributed by atoms with Gasteiger partial charge in [0.15, 0.2) is 0 Å². The summed E-state index contributed by atoms with van der Waals surface area (Å²) in [6, 6.07) is 9.33. The van der Waals surface area contributed by atoms with Crippen LogP contribution in [0.15, 0.2) is 30.3 Å². The Kier molecular flexibility index (Phi) is 8.07. The Balaban J connectivity index is 1.50. The second-order valence-electron chi connectivity index (χ2n) is 6.07. The highest BCUT2D eigenvalue weighted by Crippen LogP contribution is 2.14. The van der Waals surface area contributed by atoms with Crippen molar-refractivity contribution in [2.75, 3.05) is 33.0 Å². The van der Waals surface area contributed by atoms with Crippen LogP contribution >= 0.6 is 0 Å². The zero-order valence-corrected chi connectivity index (χ0v) is 13.7. The number of carbonyl (C=O) groups is 1. The SMILES string of the molecule is N[C@@H](Cc1ccccc1)C(=O)NCCCOCC1CCOCC1. The molecule has 0 unspecified atom stereocenters. The smallest absolute Gasteiger partial charge is 0.237 e. The molecule has 23 heavy (non-hydrogen) atoms. The molecule has 5 heteroatoms. The predicted molar refractivity (Wildman–Crippen MR) is 90.1 cm³/mol. The normalized spacial score (nSPS) is 16.9. The highest BCUT2D eigenvalue weighted by molar-refractivity contribution is 5.81. The summed E-state index contributed by atoms with van der Waals surface area (Å²) in [5.74, 6) is 0.524. The summed E-state index contributed by atoms with van der Waals surface area (Å²) in [7, 11) is 0. The van der Waals surface area contributed by atoms with Crippen LogP contribution in [0.1, 0.15) is 24.8 Å². The van der Waals surface area contributed by atoms with Gasteiger partial charge in [0.1, 0.15) is 0 Å². The van der Waals surface area contributed by atoms with Crippen LogP contribution in [-0.4, -0.2) is 44.9 Å². The van der Waals surface area contributed by atoms with E-state index in [-0.39, 0.29) is 5.91 Å². The molecule has 1 heterocycles. The van der Waals surface area contributed by atoms with Gasteiger partial charge in [-0.15, -0.1) is 0 Å². The van der Waals surface area contributed by atoms with Gasteiger partial charge < -0.3 is 20.5 Å².